The molecule has 1 saturated heterocycles. The van der Waals surface area contributed by atoms with Crippen molar-refractivity contribution in [1.29, 1.82) is 0 Å². The number of hydrogen-bond acceptors (Lipinski definition) is 6. The molecule has 0 N–H and O–H groups in total. The van der Waals surface area contributed by atoms with Crippen LogP contribution in [0.4, 0.5) is 11.5 Å². The van der Waals surface area contributed by atoms with Gasteiger partial charge in [0, 0.05) is 23.9 Å². The van der Waals surface area contributed by atoms with E-state index in [1.54, 1.807) is 6.07 Å². The number of anilines is 1. The zero-order valence-electron chi connectivity index (χ0n) is 13.2. The first-order valence-corrected chi connectivity index (χ1v) is 7.65. The van der Waals surface area contributed by atoms with Gasteiger partial charge in [0.05, 0.1) is 7.11 Å². The van der Waals surface area contributed by atoms with Crippen LogP contribution < -0.4 is 4.90 Å². The van der Waals surface area contributed by atoms with Crippen LogP contribution in [0.25, 0.3) is 11.1 Å². The summed E-state index contributed by atoms with van der Waals surface area (Å²) in [5.41, 5.74) is 2.68. The molecular formula is C17H17N3O4. The maximum Gasteiger partial charge on any atom is 0.363 e. The van der Waals surface area contributed by atoms with Crippen LogP contribution in [-0.4, -0.2) is 35.6 Å². The van der Waals surface area contributed by atoms with Gasteiger partial charge in [0.25, 0.3) is 0 Å². The molecular weight excluding hydrogens is 310 g/mol. The minimum absolute atomic E-state index is 0.173. The molecule has 1 aromatic carbocycles. The van der Waals surface area contributed by atoms with Crippen molar-refractivity contribution in [1.82, 2.24) is 4.98 Å². The normalized spacial score (nSPS) is 16.9. The van der Waals surface area contributed by atoms with Crippen molar-refractivity contribution in [2.75, 3.05) is 18.6 Å². The van der Waals surface area contributed by atoms with Crippen molar-refractivity contribution in [3.05, 3.63) is 52.7 Å². The Morgan fingerprint density at radius 2 is 1.96 bits per heavy atom. The molecule has 3 rings (SSSR count). The zero-order valence-corrected chi connectivity index (χ0v) is 13.2. The lowest BCUT2D eigenvalue weighted by molar-refractivity contribution is -0.389. The van der Waals surface area contributed by atoms with Crippen molar-refractivity contribution in [3.63, 3.8) is 0 Å². The van der Waals surface area contributed by atoms with Crippen LogP contribution in [0.15, 0.2) is 42.6 Å². The Kier molecular flexibility index (Phi) is 4.41. The number of aromatic nitrogens is 1. The number of carbonyl (C=O) groups is 1. The molecule has 0 saturated carbocycles. The number of nitro groups is 1. The lowest BCUT2D eigenvalue weighted by Gasteiger charge is -2.24. The van der Waals surface area contributed by atoms with Gasteiger partial charge in [0.1, 0.15) is 12.2 Å². The van der Waals surface area contributed by atoms with Crippen molar-refractivity contribution in [2.45, 2.75) is 18.9 Å². The molecule has 0 amide bonds. The Hall–Kier alpha value is -2.96. The van der Waals surface area contributed by atoms with Crippen molar-refractivity contribution in [2.24, 2.45) is 0 Å². The van der Waals surface area contributed by atoms with Gasteiger partial charge < -0.3 is 19.8 Å². The van der Waals surface area contributed by atoms with Crippen LogP contribution in [0, 0.1) is 10.1 Å². The average Bonchev–Trinajstić information content (AvgIpc) is 3.11. The number of esters is 1. The number of pyridine rings is 1. The van der Waals surface area contributed by atoms with Gasteiger partial charge in [-0.2, -0.15) is 0 Å². The minimum Gasteiger partial charge on any atom is -0.467 e. The SMILES string of the molecule is COC(=O)[C@H]1CCCN1c1ccc(-c2ccc([N+](=O)[O-])nc2)cc1. The summed E-state index contributed by atoms with van der Waals surface area (Å²) in [6.45, 7) is 0.818. The van der Waals surface area contributed by atoms with Crippen molar-refractivity contribution in [3.8, 4) is 11.1 Å². The minimum atomic E-state index is -0.521. The van der Waals surface area contributed by atoms with Gasteiger partial charge in [-0.25, -0.2) is 4.79 Å². The summed E-state index contributed by atoms with van der Waals surface area (Å²) in [6.07, 6.45) is 3.23. The summed E-state index contributed by atoms with van der Waals surface area (Å²) in [7, 11) is 1.41. The first kappa shape index (κ1) is 15.9. The van der Waals surface area contributed by atoms with E-state index >= 15 is 0 Å². The molecule has 0 aliphatic carbocycles. The van der Waals surface area contributed by atoms with E-state index < -0.39 is 4.92 Å². The summed E-state index contributed by atoms with van der Waals surface area (Å²) in [5, 5.41) is 10.7. The number of hydrogen-bond donors (Lipinski definition) is 0. The van der Waals surface area contributed by atoms with Crippen molar-refractivity contribution < 1.29 is 14.5 Å². The monoisotopic (exact) mass is 327 g/mol. The fraction of sp³-hybridized carbons (Fsp3) is 0.294. The smallest absolute Gasteiger partial charge is 0.363 e. The summed E-state index contributed by atoms with van der Waals surface area (Å²) >= 11 is 0. The van der Waals surface area contributed by atoms with E-state index in [0.717, 1.165) is 36.2 Å². The standard InChI is InChI=1S/C17H17N3O4/c1-24-17(21)15-3-2-10-19(15)14-7-4-12(5-8-14)13-6-9-16(18-11-13)20(22)23/h4-9,11,15H,2-3,10H2,1H3/t15-/m1/s1. The molecule has 2 heterocycles. The molecule has 1 fully saturated rings. The van der Waals surface area contributed by atoms with E-state index in [0.29, 0.717) is 0 Å². The third-order valence-corrected chi connectivity index (χ3v) is 4.19. The molecule has 0 bridgehead atoms. The van der Waals surface area contributed by atoms with Gasteiger partial charge in [-0.1, -0.05) is 12.1 Å². The number of benzene rings is 1. The Bertz CT molecular complexity index is 743. The van der Waals surface area contributed by atoms with Gasteiger partial charge in [0.15, 0.2) is 0 Å². The van der Waals surface area contributed by atoms with Gasteiger partial charge >= 0.3 is 11.8 Å². The maximum atomic E-state index is 11.8. The summed E-state index contributed by atoms with van der Waals surface area (Å²) in [4.78, 5) is 27.9. The van der Waals surface area contributed by atoms with Crippen LogP contribution in [0.1, 0.15) is 12.8 Å². The second-order valence-corrected chi connectivity index (χ2v) is 5.58. The van der Waals surface area contributed by atoms with Crippen LogP contribution in [0.2, 0.25) is 0 Å². The molecule has 124 valence electrons. The number of rotatable bonds is 4. The highest BCUT2D eigenvalue weighted by molar-refractivity contribution is 5.81. The number of methoxy groups -OCH3 is 1. The highest BCUT2D eigenvalue weighted by atomic mass is 16.6. The summed E-state index contributed by atoms with van der Waals surface area (Å²) in [5.74, 6) is -0.385. The third kappa shape index (κ3) is 3.05. The Balaban J connectivity index is 1.80. The topological polar surface area (TPSA) is 85.6 Å². The fourth-order valence-electron chi connectivity index (χ4n) is 2.97. The third-order valence-electron chi connectivity index (χ3n) is 4.19. The highest BCUT2D eigenvalue weighted by Gasteiger charge is 2.31. The number of carbonyl (C=O) groups excluding carboxylic acids is 1. The largest absolute Gasteiger partial charge is 0.467 e. The highest BCUT2D eigenvalue weighted by Crippen LogP contribution is 2.29. The summed E-state index contributed by atoms with van der Waals surface area (Å²) in [6, 6.07) is 10.6. The van der Waals surface area contributed by atoms with Gasteiger partial charge in [0.2, 0.25) is 0 Å². The molecule has 24 heavy (non-hydrogen) atoms. The Morgan fingerprint density at radius 3 is 2.54 bits per heavy atom. The number of nitrogens with zero attached hydrogens (tertiary/aromatic N) is 3. The molecule has 0 spiro atoms. The van der Waals surface area contributed by atoms with E-state index in [1.807, 2.05) is 29.2 Å². The van der Waals surface area contributed by atoms with E-state index in [2.05, 4.69) is 4.98 Å². The van der Waals surface area contributed by atoms with E-state index in [9.17, 15) is 14.9 Å². The van der Waals surface area contributed by atoms with Crippen LogP contribution in [0.5, 0.6) is 0 Å². The predicted octanol–water partition coefficient (Wildman–Crippen LogP) is 2.80. The predicted molar refractivity (Wildman–Crippen MR) is 88.7 cm³/mol. The molecule has 0 unspecified atom stereocenters. The molecule has 2 aromatic rings. The first-order chi connectivity index (χ1) is 11.6. The lowest BCUT2D eigenvalue weighted by atomic mass is 10.1. The Morgan fingerprint density at radius 1 is 1.25 bits per heavy atom. The van der Waals surface area contributed by atoms with Gasteiger partial charge in [-0.3, -0.25) is 0 Å². The zero-order chi connectivity index (χ0) is 17.1. The van der Waals surface area contributed by atoms with Gasteiger partial charge in [-0.05, 0) is 46.5 Å². The second-order valence-electron chi connectivity index (χ2n) is 5.58. The van der Waals surface area contributed by atoms with Crippen LogP contribution >= 0.6 is 0 Å². The van der Waals surface area contributed by atoms with E-state index in [4.69, 9.17) is 4.74 Å². The molecule has 7 heteroatoms. The molecule has 1 aliphatic heterocycles. The van der Waals surface area contributed by atoms with Crippen molar-refractivity contribution >= 4 is 17.5 Å². The lowest BCUT2D eigenvalue weighted by Crippen LogP contribution is -2.36. The fourth-order valence-corrected chi connectivity index (χ4v) is 2.97. The van der Waals surface area contributed by atoms with Crippen LogP contribution in [0.3, 0.4) is 0 Å². The average molecular weight is 327 g/mol. The molecule has 0 radical (unpaired) electrons. The second kappa shape index (κ2) is 6.66. The van der Waals surface area contributed by atoms with E-state index in [1.165, 1.54) is 19.4 Å². The summed E-state index contributed by atoms with van der Waals surface area (Å²) < 4.78 is 4.87. The Labute approximate surface area is 139 Å². The molecule has 1 aromatic heterocycles. The maximum absolute atomic E-state index is 11.8. The first-order valence-electron chi connectivity index (χ1n) is 7.65. The van der Waals surface area contributed by atoms with Crippen LogP contribution in [-0.2, 0) is 9.53 Å². The molecule has 7 nitrogen and oxygen atoms in total. The van der Waals surface area contributed by atoms with Gasteiger partial charge in [-0.15, -0.1) is 0 Å². The molecule has 1 atom stereocenters. The number of ether oxygens (including phenoxy) is 1. The quantitative estimate of drug-likeness (QED) is 0.487. The molecule has 1 aliphatic rings. The van der Waals surface area contributed by atoms with E-state index in [-0.39, 0.29) is 17.8 Å².